The predicted molar refractivity (Wildman–Crippen MR) is 98.6 cm³/mol. The van der Waals surface area contributed by atoms with Crippen LogP contribution in [0.3, 0.4) is 0 Å². The molecule has 0 aromatic heterocycles. The highest BCUT2D eigenvalue weighted by molar-refractivity contribution is 5.85. The van der Waals surface area contributed by atoms with Crippen molar-refractivity contribution in [3.63, 3.8) is 0 Å². The number of allylic oxidation sites excluding steroid dienone is 1. The summed E-state index contributed by atoms with van der Waals surface area (Å²) in [5.74, 6) is 1.75. The second-order valence-corrected chi connectivity index (χ2v) is 7.10. The van der Waals surface area contributed by atoms with Crippen LogP contribution < -0.4 is 0 Å². The molecule has 22 heavy (non-hydrogen) atoms. The lowest BCUT2D eigenvalue weighted by Crippen LogP contribution is -2.20. The molecule has 0 amide bonds. The van der Waals surface area contributed by atoms with Gasteiger partial charge in [0.15, 0.2) is 0 Å². The van der Waals surface area contributed by atoms with Crippen molar-refractivity contribution in [1.29, 1.82) is 0 Å². The molecule has 2 aliphatic carbocycles. The third kappa shape index (κ3) is 3.94. The molecule has 2 heteroatoms. The number of aryl methyl sites for hydroxylation is 1. The molecule has 2 aliphatic rings. The molecule has 0 saturated heterocycles. The van der Waals surface area contributed by atoms with Gasteiger partial charge in [-0.25, -0.2) is 0 Å². The molecular formula is C20H30ClN. The Morgan fingerprint density at radius 2 is 1.86 bits per heavy atom. The molecule has 0 spiro atoms. The Morgan fingerprint density at radius 1 is 1.09 bits per heavy atom. The first-order valence-corrected chi connectivity index (χ1v) is 8.69. The molecule has 0 unspecified atom stereocenters. The largest absolute Gasteiger partial charge is 0.309 e. The smallest absolute Gasteiger partial charge is 0.00100 e. The van der Waals surface area contributed by atoms with Crippen molar-refractivity contribution >= 4 is 18.0 Å². The zero-order chi connectivity index (χ0) is 14.7. The first-order valence-electron chi connectivity index (χ1n) is 8.69. The molecule has 3 rings (SSSR count). The molecule has 1 saturated carbocycles. The minimum absolute atomic E-state index is 0. The maximum absolute atomic E-state index is 2.56. The van der Waals surface area contributed by atoms with Crippen LogP contribution in [-0.4, -0.2) is 25.5 Å². The average Bonchev–Trinajstić information content (AvgIpc) is 2.65. The summed E-state index contributed by atoms with van der Waals surface area (Å²) >= 11 is 0. The van der Waals surface area contributed by atoms with Crippen LogP contribution in [0.4, 0.5) is 0 Å². The van der Waals surface area contributed by atoms with Gasteiger partial charge >= 0.3 is 0 Å². The van der Waals surface area contributed by atoms with E-state index in [-0.39, 0.29) is 12.4 Å². The lowest BCUT2D eigenvalue weighted by Gasteiger charge is -2.32. The van der Waals surface area contributed by atoms with E-state index in [1.807, 2.05) is 0 Å². The quantitative estimate of drug-likeness (QED) is 0.740. The predicted octanol–water partition coefficient (Wildman–Crippen LogP) is 5.20. The molecule has 0 bridgehead atoms. The lowest BCUT2D eigenvalue weighted by molar-refractivity contribution is 0.280. The monoisotopic (exact) mass is 319 g/mol. The van der Waals surface area contributed by atoms with Crippen molar-refractivity contribution in [1.82, 2.24) is 4.90 Å². The van der Waals surface area contributed by atoms with Gasteiger partial charge in [-0.2, -0.15) is 0 Å². The van der Waals surface area contributed by atoms with E-state index in [0.29, 0.717) is 0 Å². The summed E-state index contributed by atoms with van der Waals surface area (Å²) in [6, 6.07) is 9.16. The molecule has 2 atom stereocenters. The van der Waals surface area contributed by atoms with Gasteiger partial charge in [0, 0.05) is 6.54 Å². The topological polar surface area (TPSA) is 3.24 Å². The first-order chi connectivity index (χ1) is 10.3. The number of hydrogen-bond acceptors (Lipinski definition) is 1. The summed E-state index contributed by atoms with van der Waals surface area (Å²) in [4.78, 5) is 2.29. The molecule has 0 aliphatic heterocycles. The van der Waals surface area contributed by atoms with Gasteiger partial charge < -0.3 is 4.90 Å². The number of benzene rings is 1. The lowest BCUT2D eigenvalue weighted by atomic mass is 9.73. The number of hydrogen-bond donors (Lipinski definition) is 0. The molecular weight excluding hydrogens is 290 g/mol. The van der Waals surface area contributed by atoms with Crippen molar-refractivity contribution in [3.05, 3.63) is 41.5 Å². The Kier molecular flexibility index (Phi) is 6.52. The molecule has 0 N–H and O–H groups in total. The van der Waals surface area contributed by atoms with Gasteiger partial charge in [0.25, 0.3) is 0 Å². The van der Waals surface area contributed by atoms with Crippen LogP contribution in [0.2, 0.25) is 0 Å². The molecule has 1 nitrogen and oxygen atoms in total. The van der Waals surface area contributed by atoms with Crippen LogP contribution >= 0.6 is 12.4 Å². The van der Waals surface area contributed by atoms with Gasteiger partial charge in [0.05, 0.1) is 0 Å². The number of rotatable bonds is 3. The van der Waals surface area contributed by atoms with Crippen LogP contribution in [0.15, 0.2) is 30.3 Å². The SMILES string of the molecule is CN(C)CC/C=C1/c2ccccc2CC[C@@H]2CCCC[C@@H]12.Cl. The highest BCUT2D eigenvalue weighted by atomic mass is 35.5. The van der Waals surface area contributed by atoms with E-state index in [0.717, 1.165) is 18.4 Å². The maximum atomic E-state index is 2.56. The molecule has 1 aromatic carbocycles. The minimum atomic E-state index is 0. The zero-order valence-electron chi connectivity index (χ0n) is 14.1. The molecule has 0 heterocycles. The summed E-state index contributed by atoms with van der Waals surface area (Å²) < 4.78 is 0. The molecule has 0 radical (unpaired) electrons. The summed E-state index contributed by atoms with van der Waals surface area (Å²) in [7, 11) is 4.34. The van der Waals surface area contributed by atoms with E-state index < -0.39 is 0 Å². The van der Waals surface area contributed by atoms with Gasteiger partial charge in [-0.3, -0.25) is 0 Å². The van der Waals surface area contributed by atoms with Crippen molar-refractivity contribution in [3.8, 4) is 0 Å². The van der Waals surface area contributed by atoms with Crippen LogP contribution in [0, 0.1) is 11.8 Å². The minimum Gasteiger partial charge on any atom is -0.309 e. The summed E-state index contributed by atoms with van der Waals surface area (Å²) in [6.07, 6.45) is 12.1. The van der Waals surface area contributed by atoms with Gasteiger partial charge in [-0.15, -0.1) is 12.4 Å². The Hall–Kier alpha value is -0.790. The molecule has 1 fully saturated rings. The fourth-order valence-electron chi connectivity index (χ4n) is 4.26. The van der Waals surface area contributed by atoms with E-state index >= 15 is 0 Å². The third-order valence-corrected chi connectivity index (χ3v) is 5.36. The second-order valence-electron chi connectivity index (χ2n) is 7.10. The normalized spacial score (nSPS) is 26.0. The van der Waals surface area contributed by atoms with Crippen LogP contribution in [-0.2, 0) is 6.42 Å². The summed E-state index contributed by atoms with van der Waals surface area (Å²) in [6.45, 7) is 1.16. The number of fused-ring (bicyclic) bond motifs is 2. The summed E-state index contributed by atoms with van der Waals surface area (Å²) in [5, 5.41) is 0. The molecule has 122 valence electrons. The van der Waals surface area contributed by atoms with Gasteiger partial charge in [-0.05, 0) is 74.7 Å². The van der Waals surface area contributed by atoms with E-state index in [1.165, 1.54) is 44.9 Å². The van der Waals surface area contributed by atoms with Gasteiger partial charge in [-0.1, -0.05) is 43.2 Å². The Bertz CT molecular complexity index is 506. The van der Waals surface area contributed by atoms with E-state index in [9.17, 15) is 0 Å². The fraction of sp³-hybridized carbons (Fsp3) is 0.600. The highest BCUT2D eigenvalue weighted by Crippen LogP contribution is 2.45. The number of nitrogens with zero attached hydrogens (tertiary/aromatic N) is 1. The average molecular weight is 320 g/mol. The van der Waals surface area contributed by atoms with Crippen LogP contribution in [0.1, 0.15) is 49.7 Å². The Balaban J connectivity index is 0.00000176. The van der Waals surface area contributed by atoms with E-state index in [4.69, 9.17) is 0 Å². The Labute approximate surface area is 142 Å². The van der Waals surface area contributed by atoms with E-state index in [2.05, 4.69) is 49.3 Å². The second kappa shape index (κ2) is 8.17. The highest BCUT2D eigenvalue weighted by Gasteiger charge is 2.31. The maximum Gasteiger partial charge on any atom is 0.00100 e. The Morgan fingerprint density at radius 3 is 2.68 bits per heavy atom. The fourth-order valence-corrected chi connectivity index (χ4v) is 4.26. The number of halogens is 1. The van der Waals surface area contributed by atoms with E-state index in [1.54, 1.807) is 16.7 Å². The van der Waals surface area contributed by atoms with Crippen molar-refractivity contribution in [2.45, 2.75) is 44.9 Å². The standard InChI is InChI=1S/C20H29N.ClH/c1-21(2)15-7-12-20-18-10-5-3-8-16(18)13-14-17-9-4-6-11-19(17)20;/h3,5,8,10,12,17,19H,4,6-7,9,11,13-15H2,1-2H3;1H/b20-12-;/t17-,19+;/m0./s1. The van der Waals surface area contributed by atoms with Gasteiger partial charge in [0.2, 0.25) is 0 Å². The van der Waals surface area contributed by atoms with Crippen molar-refractivity contribution in [2.75, 3.05) is 20.6 Å². The first kappa shape index (κ1) is 17.6. The zero-order valence-corrected chi connectivity index (χ0v) is 14.9. The van der Waals surface area contributed by atoms with Crippen molar-refractivity contribution < 1.29 is 0 Å². The van der Waals surface area contributed by atoms with Crippen molar-refractivity contribution in [2.24, 2.45) is 11.8 Å². The molecule has 1 aromatic rings. The van der Waals surface area contributed by atoms with Gasteiger partial charge in [0.1, 0.15) is 0 Å². The van der Waals surface area contributed by atoms with Crippen LogP contribution in [0.5, 0.6) is 0 Å². The third-order valence-electron chi connectivity index (χ3n) is 5.36. The van der Waals surface area contributed by atoms with Crippen LogP contribution in [0.25, 0.3) is 5.57 Å². The summed E-state index contributed by atoms with van der Waals surface area (Å²) in [5.41, 5.74) is 4.82.